The number of benzene rings is 1. The van der Waals surface area contributed by atoms with Crippen molar-refractivity contribution in [1.29, 1.82) is 5.26 Å². The summed E-state index contributed by atoms with van der Waals surface area (Å²) in [6.07, 6.45) is 1.64. The largest absolute Gasteiger partial charge is 0.467 e. The maximum absolute atomic E-state index is 8.99. The van der Waals surface area contributed by atoms with Crippen molar-refractivity contribution in [3.8, 4) is 6.07 Å². The Balaban J connectivity index is 2.18. The minimum atomic E-state index is 0.590. The van der Waals surface area contributed by atoms with Gasteiger partial charge in [-0.1, -0.05) is 12.1 Å². The lowest BCUT2D eigenvalue weighted by Gasteiger charge is -2.09. The third-order valence-corrected chi connectivity index (χ3v) is 2.41. The fraction of sp³-hybridized carbons (Fsp3) is 0.154. The number of nitrogens with zero attached hydrogens (tertiary/aromatic N) is 1. The van der Waals surface area contributed by atoms with Crippen LogP contribution in [-0.2, 0) is 6.54 Å². The number of rotatable bonds is 3. The van der Waals surface area contributed by atoms with Crippen molar-refractivity contribution in [2.24, 2.45) is 0 Å². The molecule has 1 aromatic carbocycles. The average molecular weight is 212 g/mol. The summed E-state index contributed by atoms with van der Waals surface area (Å²) in [5.74, 6) is 0.854. The number of nitriles is 1. The SMILES string of the molecule is Cc1cccc(C#N)c1NCc1ccco1. The lowest BCUT2D eigenvalue weighted by atomic mass is 10.1. The Morgan fingerprint density at radius 2 is 2.19 bits per heavy atom. The van der Waals surface area contributed by atoms with E-state index in [1.165, 1.54) is 0 Å². The van der Waals surface area contributed by atoms with E-state index < -0.39 is 0 Å². The molecule has 0 unspecified atom stereocenters. The van der Waals surface area contributed by atoms with Gasteiger partial charge in [0.2, 0.25) is 0 Å². The Morgan fingerprint density at radius 1 is 1.31 bits per heavy atom. The van der Waals surface area contributed by atoms with Gasteiger partial charge >= 0.3 is 0 Å². The number of anilines is 1. The minimum Gasteiger partial charge on any atom is -0.467 e. The predicted molar refractivity (Wildman–Crippen MR) is 61.9 cm³/mol. The minimum absolute atomic E-state index is 0.590. The number of nitrogens with one attached hydrogen (secondary N) is 1. The van der Waals surface area contributed by atoms with Gasteiger partial charge < -0.3 is 9.73 Å². The van der Waals surface area contributed by atoms with Gasteiger partial charge in [-0.25, -0.2) is 0 Å². The zero-order chi connectivity index (χ0) is 11.4. The van der Waals surface area contributed by atoms with Crippen molar-refractivity contribution < 1.29 is 4.42 Å². The molecule has 1 heterocycles. The maximum Gasteiger partial charge on any atom is 0.122 e. The van der Waals surface area contributed by atoms with Crippen molar-refractivity contribution in [2.75, 3.05) is 5.32 Å². The van der Waals surface area contributed by atoms with Gasteiger partial charge in [0, 0.05) is 0 Å². The number of furan rings is 1. The maximum atomic E-state index is 8.99. The van der Waals surface area contributed by atoms with E-state index >= 15 is 0 Å². The Kier molecular flexibility index (Phi) is 2.93. The molecule has 1 N–H and O–H groups in total. The van der Waals surface area contributed by atoms with Crippen molar-refractivity contribution in [1.82, 2.24) is 0 Å². The predicted octanol–water partition coefficient (Wildman–Crippen LogP) is 3.07. The highest BCUT2D eigenvalue weighted by atomic mass is 16.3. The number of aryl methyl sites for hydroxylation is 1. The molecular formula is C13H12N2O. The summed E-state index contributed by atoms with van der Waals surface area (Å²) in [7, 11) is 0. The fourth-order valence-corrected chi connectivity index (χ4v) is 1.58. The van der Waals surface area contributed by atoms with Gasteiger partial charge in [0.1, 0.15) is 11.8 Å². The van der Waals surface area contributed by atoms with Crippen LogP contribution in [0.25, 0.3) is 0 Å². The standard InChI is InChI=1S/C13H12N2O/c1-10-4-2-5-11(8-14)13(10)15-9-12-6-3-7-16-12/h2-7,15H,9H2,1H3. The average Bonchev–Trinajstić information content (AvgIpc) is 2.80. The Morgan fingerprint density at radius 3 is 2.88 bits per heavy atom. The summed E-state index contributed by atoms with van der Waals surface area (Å²) in [4.78, 5) is 0. The molecule has 0 aliphatic heterocycles. The molecule has 3 heteroatoms. The van der Waals surface area contributed by atoms with E-state index in [4.69, 9.17) is 9.68 Å². The first kappa shape index (κ1) is 10.3. The summed E-state index contributed by atoms with van der Waals surface area (Å²) in [5.41, 5.74) is 2.60. The molecule has 0 saturated carbocycles. The van der Waals surface area contributed by atoms with Crippen LogP contribution in [0.2, 0.25) is 0 Å². The number of hydrogen-bond donors (Lipinski definition) is 1. The second kappa shape index (κ2) is 4.54. The molecule has 0 bridgehead atoms. The molecule has 0 fully saturated rings. The van der Waals surface area contributed by atoms with Crippen molar-refractivity contribution >= 4 is 5.69 Å². The summed E-state index contributed by atoms with van der Waals surface area (Å²) >= 11 is 0. The third-order valence-electron chi connectivity index (χ3n) is 2.41. The molecule has 0 saturated heterocycles. The summed E-state index contributed by atoms with van der Waals surface area (Å²) in [6.45, 7) is 2.57. The molecule has 0 aliphatic carbocycles. The normalized spacial score (nSPS) is 9.75. The molecule has 0 atom stereocenters. The first-order valence-electron chi connectivity index (χ1n) is 5.07. The summed E-state index contributed by atoms with van der Waals surface area (Å²) in [6, 6.07) is 11.6. The van der Waals surface area contributed by atoms with Gasteiger partial charge in [-0.3, -0.25) is 0 Å². The molecule has 2 aromatic rings. The van der Waals surface area contributed by atoms with Crippen molar-refractivity contribution in [2.45, 2.75) is 13.5 Å². The second-order valence-electron chi connectivity index (χ2n) is 3.54. The molecule has 0 aliphatic rings. The van der Waals surface area contributed by atoms with Crippen molar-refractivity contribution in [3.05, 3.63) is 53.5 Å². The van der Waals surface area contributed by atoms with Gasteiger partial charge in [-0.05, 0) is 30.7 Å². The Labute approximate surface area is 94.3 Å². The summed E-state index contributed by atoms with van der Waals surface area (Å²) < 4.78 is 5.22. The molecule has 16 heavy (non-hydrogen) atoms. The fourth-order valence-electron chi connectivity index (χ4n) is 1.58. The first-order valence-corrected chi connectivity index (χ1v) is 5.07. The van der Waals surface area contributed by atoms with Crippen molar-refractivity contribution in [3.63, 3.8) is 0 Å². The highest BCUT2D eigenvalue weighted by Gasteiger charge is 2.04. The molecule has 0 amide bonds. The smallest absolute Gasteiger partial charge is 0.122 e. The number of para-hydroxylation sites is 1. The summed E-state index contributed by atoms with van der Waals surface area (Å²) in [5, 5.41) is 12.2. The van der Waals surface area contributed by atoms with E-state index in [1.54, 1.807) is 12.3 Å². The van der Waals surface area contributed by atoms with Crippen LogP contribution >= 0.6 is 0 Å². The Hall–Kier alpha value is -2.21. The van der Waals surface area contributed by atoms with Crippen LogP contribution in [0.15, 0.2) is 41.0 Å². The lowest BCUT2D eigenvalue weighted by molar-refractivity contribution is 0.518. The molecule has 3 nitrogen and oxygen atoms in total. The van der Waals surface area contributed by atoms with Crippen LogP contribution in [0.3, 0.4) is 0 Å². The van der Waals surface area contributed by atoms with Crippen LogP contribution in [-0.4, -0.2) is 0 Å². The van der Waals surface area contributed by atoms with E-state index in [-0.39, 0.29) is 0 Å². The van der Waals surface area contributed by atoms with Crippen LogP contribution in [0.1, 0.15) is 16.9 Å². The number of hydrogen-bond acceptors (Lipinski definition) is 3. The highest BCUT2D eigenvalue weighted by Crippen LogP contribution is 2.20. The molecule has 0 radical (unpaired) electrons. The molecule has 0 spiro atoms. The lowest BCUT2D eigenvalue weighted by Crippen LogP contribution is -2.02. The molecular weight excluding hydrogens is 200 g/mol. The van der Waals surface area contributed by atoms with Gasteiger partial charge in [0.05, 0.1) is 24.1 Å². The first-order chi connectivity index (χ1) is 7.81. The van der Waals surface area contributed by atoms with Gasteiger partial charge in [0.25, 0.3) is 0 Å². The van der Waals surface area contributed by atoms with E-state index in [0.29, 0.717) is 12.1 Å². The van der Waals surface area contributed by atoms with E-state index in [2.05, 4.69) is 11.4 Å². The quantitative estimate of drug-likeness (QED) is 0.850. The van der Waals surface area contributed by atoms with Crippen LogP contribution < -0.4 is 5.32 Å². The topological polar surface area (TPSA) is 49.0 Å². The third kappa shape index (κ3) is 2.06. The van der Waals surface area contributed by atoms with Gasteiger partial charge in [-0.15, -0.1) is 0 Å². The van der Waals surface area contributed by atoms with E-state index in [1.807, 2.05) is 31.2 Å². The van der Waals surface area contributed by atoms with E-state index in [0.717, 1.165) is 17.0 Å². The van der Waals surface area contributed by atoms with Crippen LogP contribution in [0.5, 0.6) is 0 Å². The second-order valence-corrected chi connectivity index (χ2v) is 3.54. The van der Waals surface area contributed by atoms with Gasteiger partial charge in [0.15, 0.2) is 0 Å². The van der Waals surface area contributed by atoms with Crippen LogP contribution in [0.4, 0.5) is 5.69 Å². The van der Waals surface area contributed by atoms with Crippen LogP contribution in [0, 0.1) is 18.3 Å². The highest BCUT2D eigenvalue weighted by molar-refractivity contribution is 5.62. The molecule has 1 aromatic heterocycles. The Bertz CT molecular complexity index is 509. The van der Waals surface area contributed by atoms with Gasteiger partial charge in [-0.2, -0.15) is 5.26 Å². The zero-order valence-corrected chi connectivity index (χ0v) is 9.03. The molecule has 2 rings (SSSR count). The zero-order valence-electron chi connectivity index (χ0n) is 9.03. The molecule has 80 valence electrons. The monoisotopic (exact) mass is 212 g/mol. The van der Waals surface area contributed by atoms with E-state index in [9.17, 15) is 0 Å².